The highest BCUT2D eigenvalue weighted by atomic mass is 16.7. The lowest BCUT2D eigenvalue weighted by atomic mass is 10.1. The molecule has 2 nitrogen and oxygen atoms in total. The van der Waals surface area contributed by atoms with Gasteiger partial charge in [0.05, 0.1) is 0 Å². The average Bonchev–Trinajstić information content (AvgIpc) is 2.46. The summed E-state index contributed by atoms with van der Waals surface area (Å²) in [5.74, 6) is 0. The lowest BCUT2D eigenvalue weighted by Crippen LogP contribution is -2.22. The third-order valence-corrected chi connectivity index (χ3v) is 3.60. The quantitative estimate of drug-likeness (QED) is 0.377. The van der Waals surface area contributed by atoms with Gasteiger partial charge in [-0.1, -0.05) is 44.8 Å². The summed E-state index contributed by atoms with van der Waals surface area (Å²) in [6.07, 6.45) is 18.6. The van der Waals surface area contributed by atoms with Gasteiger partial charge in [0.25, 0.3) is 0 Å². The minimum atomic E-state index is 0.0928. The van der Waals surface area contributed by atoms with Gasteiger partial charge >= 0.3 is 0 Å². The first-order chi connectivity index (χ1) is 9.43. The van der Waals surface area contributed by atoms with Crippen LogP contribution in [0.5, 0.6) is 0 Å². The fourth-order valence-electron chi connectivity index (χ4n) is 2.33. The predicted molar refractivity (Wildman–Crippen MR) is 81.3 cm³/mol. The van der Waals surface area contributed by atoms with Crippen molar-refractivity contribution >= 4 is 0 Å². The maximum atomic E-state index is 5.72. The van der Waals surface area contributed by atoms with E-state index in [0.717, 1.165) is 19.6 Å². The van der Waals surface area contributed by atoms with Gasteiger partial charge in [0.2, 0.25) is 0 Å². The summed E-state index contributed by atoms with van der Waals surface area (Å²) < 4.78 is 11.3. The standard InChI is InChI=1S/C17H32O2/c1-2-3-4-5-6-7-8-9-10-12-15-18-17-14-11-13-16-19-17/h5-6,17H,2-4,7-16H2,1H3. The molecule has 0 saturated carbocycles. The first kappa shape index (κ1) is 16.7. The SMILES string of the molecule is CCCCC=CCCCCCCOC1CCCCO1. The molecular weight excluding hydrogens is 236 g/mol. The molecule has 0 aromatic rings. The fourth-order valence-corrected chi connectivity index (χ4v) is 2.33. The second kappa shape index (κ2) is 12.7. The van der Waals surface area contributed by atoms with E-state index in [9.17, 15) is 0 Å². The Bertz CT molecular complexity index is 207. The average molecular weight is 268 g/mol. The number of allylic oxidation sites excluding steroid dienone is 2. The van der Waals surface area contributed by atoms with Gasteiger partial charge in [-0.05, 0) is 44.9 Å². The van der Waals surface area contributed by atoms with Gasteiger partial charge in [0.1, 0.15) is 0 Å². The first-order valence-corrected chi connectivity index (χ1v) is 8.31. The van der Waals surface area contributed by atoms with Gasteiger partial charge in [-0.25, -0.2) is 0 Å². The van der Waals surface area contributed by atoms with Crippen molar-refractivity contribution in [1.29, 1.82) is 0 Å². The number of rotatable bonds is 11. The summed E-state index contributed by atoms with van der Waals surface area (Å²) in [7, 11) is 0. The minimum Gasteiger partial charge on any atom is -0.353 e. The third kappa shape index (κ3) is 10.1. The van der Waals surface area contributed by atoms with Crippen molar-refractivity contribution in [3.05, 3.63) is 12.2 Å². The van der Waals surface area contributed by atoms with Crippen LogP contribution in [0.25, 0.3) is 0 Å². The molecule has 1 unspecified atom stereocenters. The van der Waals surface area contributed by atoms with Crippen LogP contribution in [-0.2, 0) is 9.47 Å². The van der Waals surface area contributed by atoms with Gasteiger partial charge in [-0.2, -0.15) is 0 Å². The summed E-state index contributed by atoms with van der Waals surface area (Å²) in [5, 5.41) is 0. The molecule has 112 valence electrons. The Labute approximate surface area is 119 Å². The van der Waals surface area contributed by atoms with E-state index in [1.807, 2.05) is 0 Å². The summed E-state index contributed by atoms with van der Waals surface area (Å²) in [6.45, 7) is 4.00. The largest absolute Gasteiger partial charge is 0.353 e. The van der Waals surface area contributed by atoms with Gasteiger partial charge in [0, 0.05) is 13.2 Å². The smallest absolute Gasteiger partial charge is 0.157 e. The Balaban J connectivity index is 1.77. The first-order valence-electron chi connectivity index (χ1n) is 8.31. The van der Waals surface area contributed by atoms with Crippen LogP contribution in [0.2, 0.25) is 0 Å². The van der Waals surface area contributed by atoms with E-state index in [0.29, 0.717) is 0 Å². The zero-order valence-electron chi connectivity index (χ0n) is 12.7. The Morgan fingerprint density at radius 1 is 1.00 bits per heavy atom. The van der Waals surface area contributed by atoms with Crippen molar-refractivity contribution in [1.82, 2.24) is 0 Å². The molecule has 0 aliphatic carbocycles. The molecule has 0 aromatic carbocycles. The number of hydrogen-bond acceptors (Lipinski definition) is 2. The Morgan fingerprint density at radius 2 is 1.79 bits per heavy atom. The number of ether oxygens (including phenoxy) is 2. The van der Waals surface area contributed by atoms with Crippen molar-refractivity contribution in [2.75, 3.05) is 13.2 Å². The third-order valence-electron chi connectivity index (χ3n) is 3.60. The Hall–Kier alpha value is -0.340. The molecule has 1 aliphatic heterocycles. The van der Waals surface area contributed by atoms with Gasteiger partial charge in [-0.3, -0.25) is 0 Å². The molecule has 0 radical (unpaired) electrons. The summed E-state index contributed by atoms with van der Waals surface area (Å²) in [5.41, 5.74) is 0. The molecule has 19 heavy (non-hydrogen) atoms. The molecule has 0 aromatic heterocycles. The van der Waals surface area contributed by atoms with E-state index in [4.69, 9.17) is 9.47 Å². The molecule has 1 fully saturated rings. The van der Waals surface area contributed by atoms with Crippen LogP contribution in [0.3, 0.4) is 0 Å². The molecule has 0 spiro atoms. The molecule has 1 atom stereocenters. The second-order valence-corrected chi connectivity index (χ2v) is 5.48. The predicted octanol–water partition coefficient (Wildman–Crippen LogP) is 5.23. The van der Waals surface area contributed by atoms with Crippen LogP contribution in [0.15, 0.2) is 12.2 Å². The second-order valence-electron chi connectivity index (χ2n) is 5.48. The molecule has 1 heterocycles. The van der Waals surface area contributed by atoms with E-state index in [2.05, 4.69) is 19.1 Å². The normalized spacial score (nSPS) is 20.2. The zero-order valence-corrected chi connectivity index (χ0v) is 12.7. The maximum absolute atomic E-state index is 5.72. The van der Waals surface area contributed by atoms with E-state index in [1.165, 1.54) is 64.2 Å². The van der Waals surface area contributed by atoms with E-state index in [-0.39, 0.29) is 6.29 Å². The van der Waals surface area contributed by atoms with Crippen molar-refractivity contribution in [2.24, 2.45) is 0 Å². The zero-order chi connectivity index (χ0) is 13.6. The maximum Gasteiger partial charge on any atom is 0.157 e. The van der Waals surface area contributed by atoms with Gasteiger partial charge in [-0.15, -0.1) is 0 Å². The molecule has 1 saturated heterocycles. The number of hydrogen-bond donors (Lipinski definition) is 0. The summed E-state index contributed by atoms with van der Waals surface area (Å²) in [6, 6.07) is 0. The van der Waals surface area contributed by atoms with Crippen LogP contribution < -0.4 is 0 Å². The highest BCUT2D eigenvalue weighted by Crippen LogP contribution is 2.14. The summed E-state index contributed by atoms with van der Waals surface area (Å²) in [4.78, 5) is 0. The Morgan fingerprint density at radius 3 is 2.53 bits per heavy atom. The van der Waals surface area contributed by atoms with E-state index in [1.54, 1.807) is 0 Å². The van der Waals surface area contributed by atoms with E-state index >= 15 is 0 Å². The van der Waals surface area contributed by atoms with Crippen LogP contribution in [-0.4, -0.2) is 19.5 Å². The number of unbranched alkanes of at least 4 members (excludes halogenated alkanes) is 6. The highest BCUT2D eigenvalue weighted by molar-refractivity contribution is 4.81. The van der Waals surface area contributed by atoms with Gasteiger partial charge < -0.3 is 9.47 Å². The Kier molecular flexibility index (Phi) is 11.2. The fraction of sp³-hybridized carbons (Fsp3) is 0.882. The molecule has 0 amide bonds. The molecular formula is C17H32O2. The lowest BCUT2D eigenvalue weighted by Gasteiger charge is -2.22. The summed E-state index contributed by atoms with van der Waals surface area (Å²) >= 11 is 0. The van der Waals surface area contributed by atoms with Crippen LogP contribution >= 0.6 is 0 Å². The van der Waals surface area contributed by atoms with Crippen molar-refractivity contribution < 1.29 is 9.47 Å². The van der Waals surface area contributed by atoms with Crippen LogP contribution in [0.4, 0.5) is 0 Å². The molecule has 0 N–H and O–H groups in total. The molecule has 0 bridgehead atoms. The lowest BCUT2D eigenvalue weighted by molar-refractivity contribution is -0.162. The highest BCUT2D eigenvalue weighted by Gasteiger charge is 2.12. The topological polar surface area (TPSA) is 18.5 Å². The van der Waals surface area contributed by atoms with Crippen LogP contribution in [0.1, 0.15) is 77.6 Å². The molecule has 2 heteroatoms. The molecule has 1 rings (SSSR count). The van der Waals surface area contributed by atoms with Crippen molar-refractivity contribution in [3.8, 4) is 0 Å². The van der Waals surface area contributed by atoms with E-state index < -0.39 is 0 Å². The van der Waals surface area contributed by atoms with Crippen molar-refractivity contribution in [2.45, 2.75) is 83.8 Å². The van der Waals surface area contributed by atoms with Crippen LogP contribution in [0, 0.1) is 0 Å². The minimum absolute atomic E-state index is 0.0928. The van der Waals surface area contributed by atoms with Gasteiger partial charge in [0.15, 0.2) is 6.29 Å². The van der Waals surface area contributed by atoms with Crippen molar-refractivity contribution in [3.63, 3.8) is 0 Å². The molecule has 1 aliphatic rings. The monoisotopic (exact) mass is 268 g/mol.